The number of esters is 2. The third kappa shape index (κ3) is 11.4. The van der Waals surface area contributed by atoms with E-state index in [1.807, 2.05) is 0 Å². The Morgan fingerprint density at radius 3 is 2.39 bits per heavy atom. The lowest BCUT2D eigenvalue weighted by atomic mass is 10.2. The van der Waals surface area contributed by atoms with E-state index in [0.717, 1.165) is 0 Å². The van der Waals surface area contributed by atoms with Crippen LogP contribution in [0, 0.1) is 0 Å². The van der Waals surface area contributed by atoms with E-state index >= 15 is 0 Å². The standard InChI is InChI=1S/C22H29NO8/c1-15(2)20(25)28-10-6-9-23-22(27)31-14-18(24)13-29-19-8-5-7-17(11-19)12-30-21(26)16(3)4/h5,7-8,11,18,24H,1,3,6,9-10,12-14H2,2,4H3,(H,23,27). The van der Waals surface area contributed by atoms with Crippen molar-refractivity contribution in [3.8, 4) is 5.75 Å². The number of alkyl carbamates (subject to hydrolysis) is 1. The van der Waals surface area contributed by atoms with Gasteiger partial charge in [0.2, 0.25) is 0 Å². The summed E-state index contributed by atoms with van der Waals surface area (Å²) in [6, 6.07) is 6.85. The van der Waals surface area contributed by atoms with E-state index < -0.39 is 24.1 Å². The topological polar surface area (TPSA) is 120 Å². The molecule has 1 unspecified atom stereocenters. The van der Waals surface area contributed by atoms with E-state index in [-0.39, 0.29) is 33.0 Å². The molecule has 0 aliphatic heterocycles. The van der Waals surface area contributed by atoms with Gasteiger partial charge in [0, 0.05) is 17.7 Å². The SMILES string of the molecule is C=C(C)C(=O)OCCCNC(=O)OCC(O)COc1cccc(COC(=O)C(=C)C)c1. The van der Waals surface area contributed by atoms with E-state index in [9.17, 15) is 19.5 Å². The van der Waals surface area contributed by atoms with Gasteiger partial charge in [0.15, 0.2) is 0 Å². The number of hydrogen-bond donors (Lipinski definition) is 2. The fourth-order valence-electron chi connectivity index (χ4n) is 2.01. The highest BCUT2D eigenvalue weighted by molar-refractivity contribution is 5.87. The van der Waals surface area contributed by atoms with Crippen molar-refractivity contribution in [3.63, 3.8) is 0 Å². The number of nitrogens with one attached hydrogen (secondary N) is 1. The molecule has 0 aliphatic rings. The van der Waals surface area contributed by atoms with E-state index in [2.05, 4.69) is 18.5 Å². The summed E-state index contributed by atoms with van der Waals surface area (Å²) in [5, 5.41) is 12.4. The molecule has 0 spiro atoms. The number of amides is 1. The fraction of sp³-hybridized carbons (Fsp3) is 0.409. The molecular weight excluding hydrogens is 406 g/mol. The van der Waals surface area contributed by atoms with Gasteiger partial charge in [0.25, 0.3) is 0 Å². The van der Waals surface area contributed by atoms with E-state index in [1.54, 1.807) is 38.1 Å². The minimum Gasteiger partial charge on any atom is -0.491 e. The molecule has 9 heteroatoms. The van der Waals surface area contributed by atoms with Gasteiger partial charge < -0.3 is 29.4 Å². The number of aliphatic hydroxyl groups excluding tert-OH is 1. The Hall–Kier alpha value is -3.33. The first-order valence-electron chi connectivity index (χ1n) is 9.64. The highest BCUT2D eigenvalue weighted by Gasteiger charge is 2.11. The van der Waals surface area contributed by atoms with Crippen LogP contribution in [0.2, 0.25) is 0 Å². The lowest BCUT2D eigenvalue weighted by molar-refractivity contribution is -0.140. The van der Waals surface area contributed by atoms with Gasteiger partial charge in [0.05, 0.1) is 6.61 Å². The zero-order chi connectivity index (χ0) is 23.2. The lowest BCUT2D eigenvalue weighted by Crippen LogP contribution is -2.31. The van der Waals surface area contributed by atoms with Crippen LogP contribution in [-0.2, 0) is 30.4 Å². The van der Waals surface area contributed by atoms with Crippen LogP contribution in [0.5, 0.6) is 5.75 Å². The van der Waals surface area contributed by atoms with Crippen LogP contribution in [0.4, 0.5) is 4.79 Å². The Balaban J connectivity index is 2.23. The second kappa shape index (κ2) is 13.8. The zero-order valence-corrected chi connectivity index (χ0v) is 17.8. The average Bonchev–Trinajstić information content (AvgIpc) is 2.74. The van der Waals surface area contributed by atoms with Gasteiger partial charge in [-0.3, -0.25) is 0 Å². The van der Waals surface area contributed by atoms with Crippen molar-refractivity contribution >= 4 is 18.0 Å². The van der Waals surface area contributed by atoms with E-state index in [0.29, 0.717) is 28.9 Å². The zero-order valence-electron chi connectivity index (χ0n) is 17.8. The Bertz CT molecular complexity index is 789. The number of hydrogen-bond acceptors (Lipinski definition) is 8. The smallest absolute Gasteiger partial charge is 0.407 e. The average molecular weight is 435 g/mol. The third-order valence-corrected chi connectivity index (χ3v) is 3.64. The highest BCUT2D eigenvalue weighted by Crippen LogP contribution is 2.15. The normalized spacial score (nSPS) is 11.1. The number of carbonyl (C=O) groups excluding carboxylic acids is 3. The molecule has 170 valence electrons. The minimum atomic E-state index is -1.04. The molecule has 0 saturated heterocycles. The molecule has 9 nitrogen and oxygen atoms in total. The molecule has 0 radical (unpaired) electrons. The quantitative estimate of drug-likeness (QED) is 0.210. The fourth-order valence-corrected chi connectivity index (χ4v) is 2.01. The van der Waals surface area contributed by atoms with Crippen molar-refractivity contribution in [1.82, 2.24) is 5.32 Å². The molecule has 0 bridgehead atoms. The van der Waals surface area contributed by atoms with Crippen LogP contribution in [0.15, 0.2) is 48.6 Å². The molecule has 0 aliphatic carbocycles. The monoisotopic (exact) mass is 435 g/mol. The van der Waals surface area contributed by atoms with Crippen LogP contribution >= 0.6 is 0 Å². The predicted octanol–water partition coefficient (Wildman–Crippen LogP) is 2.28. The van der Waals surface area contributed by atoms with E-state index in [1.165, 1.54) is 0 Å². The van der Waals surface area contributed by atoms with Crippen LogP contribution < -0.4 is 10.1 Å². The van der Waals surface area contributed by atoms with Crippen LogP contribution in [0.3, 0.4) is 0 Å². The maximum absolute atomic E-state index is 11.6. The van der Waals surface area contributed by atoms with Crippen molar-refractivity contribution in [2.24, 2.45) is 0 Å². The molecule has 1 aromatic carbocycles. The first-order valence-corrected chi connectivity index (χ1v) is 9.64. The van der Waals surface area contributed by atoms with E-state index in [4.69, 9.17) is 18.9 Å². The van der Waals surface area contributed by atoms with Crippen molar-refractivity contribution in [1.29, 1.82) is 0 Å². The number of rotatable bonds is 13. The Kier molecular flexibility index (Phi) is 11.5. The number of aliphatic hydroxyl groups is 1. The van der Waals surface area contributed by atoms with Crippen LogP contribution in [0.25, 0.3) is 0 Å². The predicted molar refractivity (Wildman–Crippen MR) is 112 cm³/mol. The van der Waals surface area contributed by atoms with Gasteiger partial charge in [-0.2, -0.15) is 0 Å². The maximum Gasteiger partial charge on any atom is 0.407 e. The molecular formula is C22H29NO8. The van der Waals surface area contributed by atoms with Gasteiger partial charge in [0.1, 0.15) is 31.7 Å². The molecule has 0 aromatic heterocycles. The van der Waals surface area contributed by atoms with Gasteiger partial charge in [-0.15, -0.1) is 0 Å². The van der Waals surface area contributed by atoms with Crippen LogP contribution in [0.1, 0.15) is 25.8 Å². The van der Waals surface area contributed by atoms with Gasteiger partial charge in [-0.1, -0.05) is 25.3 Å². The van der Waals surface area contributed by atoms with Crippen molar-refractivity contribution in [2.75, 3.05) is 26.4 Å². The molecule has 0 saturated carbocycles. The Morgan fingerprint density at radius 2 is 1.71 bits per heavy atom. The summed E-state index contributed by atoms with van der Waals surface area (Å²) in [6.07, 6.45) is -1.32. The first kappa shape index (κ1) is 25.7. The summed E-state index contributed by atoms with van der Waals surface area (Å²) < 4.78 is 20.3. The summed E-state index contributed by atoms with van der Waals surface area (Å²) >= 11 is 0. The Labute approximate surface area is 181 Å². The van der Waals surface area contributed by atoms with Crippen LogP contribution in [-0.4, -0.2) is 55.6 Å². The first-order chi connectivity index (χ1) is 14.7. The summed E-state index contributed by atoms with van der Waals surface area (Å²) in [7, 11) is 0. The number of benzene rings is 1. The van der Waals surface area contributed by atoms with Gasteiger partial charge in [-0.05, 0) is 38.0 Å². The van der Waals surface area contributed by atoms with Crippen molar-refractivity contribution in [2.45, 2.75) is 33.0 Å². The van der Waals surface area contributed by atoms with Crippen molar-refractivity contribution in [3.05, 3.63) is 54.1 Å². The molecule has 1 aromatic rings. The summed E-state index contributed by atoms with van der Waals surface area (Å²) in [4.78, 5) is 34.2. The second-order valence-electron chi connectivity index (χ2n) is 6.76. The molecule has 0 fully saturated rings. The Morgan fingerprint density at radius 1 is 1.03 bits per heavy atom. The number of ether oxygens (including phenoxy) is 4. The molecule has 31 heavy (non-hydrogen) atoms. The van der Waals surface area contributed by atoms with Crippen molar-refractivity contribution < 1.29 is 38.4 Å². The second-order valence-corrected chi connectivity index (χ2v) is 6.76. The lowest BCUT2D eigenvalue weighted by Gasteiger charge is -2.14. The summed E-state index contributed by atoms with van der Waals surface area (Å²) in [6.45, 7) is 10.2. The largest absolute Gasteiger partial charge is 0.491 e. The molecule has 0 heterocycles. The summed E-state index contributed by atoms with van der Waals surface area (Å²) in [5.41, 5.74) is 1.33. The van der Waals surface area contributed by atoms with Gasteiger partial charge >= 0.3 is 18.0 Å². The number of carbonyl (C=O) groups is 3. The molecule has 2 N–H and O–H groups in total. The molecule has 1 amide bonds. The summed E-state index contributed by atoms with van der Waals surface area (Å²) in [5.74, 6) is -0.495. The maximum atomic E-state index is 11.6. The minimum absolute atomic E-state index is 0.0706. The third-order valence-electron chi connectivity index (χ3n) is 3.64. The highest BCUT2D eigenvalue weighted by atomic mass is 16.6. The van der Waals surface area contributed by atoms with Gasteiger partial charge in [-0.25, -0.2) is 14.4 Å². The molecule has 1 atom stereocenters. The molecule has 1 rings (SSSR count).